The highest BCUT2D eigenvalue weighted by molar-refractivity contribution is 5.80. The first-order chi connectivity index (χ1) is 17.4. The minimum atomic E-state index is -4.38. The van der Waals surface area contributed by atoms with E-state index in [-0.39, 0.29) is 17.9 Å². The van der Waals surface area contributed by atoms with Crippen molar-refractivity contribution in [2.45, 2.75) is 50.9 Å². The maximum atomic E-state index is 13.7. The molecule has 2 aliphatic rings. The number of carbonyl (C=O) groups is 1. The zero-order valence-electron chi connectivity index (χ0n) is 20.0. The van der Waals surface area contributed by atoms with E-state index in [4.69, 9.17) is 0 Å². The number of halogens is 3. The lowest BCUT2D eigenvalue weighted by Crippen LogP contribution is -2.45. The Hall–Kier alpha value is -3.20. The number of hydrogen-bond donors (Lipinski definition) is 1. The van der Waals surface area contributed by atoms with Crippen LogP contribution in [0.15, 0.2) is 55.0 Å². The van der Waals surface area contributed by atoms with Crippen molar-refractivity contribution in [3.8, 4) is 11.1 Å². The first kappa shape index (κ1) is 24.5. The van der Waals surface area contributed by atoms with E-state index in [2.05, 4.69) is 20.1 Å². The van der Waals surface area contributed by atoms with Crippen LogP contribution in [0.5, 0.6) is 0 Å². The quantitative estimate of drug-likeness (QED) is 0.509. The number of amides is 1. The van der Waals surface area contributed by atoms with Crippen molar-refractivity contribution in [2.24, 2.45) is 5.92 Å². The van der Waals surface area contributed by atoms with Crippen LogP contribution < -0.4 is 0 Å². The molecule has 2 aromatic heterocycles. The van der Waals surface area contributed by atoms with Crippen LogP contribution in [0.1, 0.15) is 55.0 Å². The molecule has 3 aromatic rings. The van der Waals surface area contributed by atoms with E-state index in [0.717, 1.165) is 75.1 Å². The molecule has 0 aliphatic carbocycles. The number of pyridine rings is 1. The number of alkyl halides is 3. The fraction of sp³-hybridized carbons (Fsp3) is 0.444. The van der Waals surface area contributed by atoms with Crippen molar-refractivity contribution in [3.63, 3.8) is 0 Å². The van der Waals surface area contributed by atoms with E-state index in [1.54, 1.807) is 18.6 Å². The zero-order valence-corrected chi connectivity index (χ0v) is 20.0. The number of nitrogens with zero attached hydrogens (tertiary/aromatic N) is 4. The summed E-state index contributed by atoms with van der Waals surface area (Å²) in [6, 6.07) is 9.03. The molecular formula is C27H30F3N5O. The summed E-state index contributed by atoms with van der Waals surface area (Å²) in [5.74, 6) is 0.160. The van der Waals surface area contributed by atoms with Gasteiger partial charge in [-0.15, -0.1) is 0 Å². The Morgan fingerprint density at radius 2 is 1.69 bits per heavy atom. The van der Waals surface area contributed by atoms with E-state index < -0.39 is 11.7 Å². The highest BCUT2D eigenvalue weighted by Gasteiger charge is 2.36. The van der Waals surface area contributed by atoms with Gasteiger partial charge in [0.25, 0.3) is 0 Å². The molecule has 2 aliphatic heterocycles. The van der Waals surface area contributed by atoms with E-state index in [0.29, 0.717) is 12.1 Å². The summed E-state index contributed by atoms with van der Waals surface area (Å²) >= 11 is 0. The molecule has 9 heteroatoms. The summed E-state index contributed by atoms with van der Waals surface area (Å²) in [5, 5.41) is 7.27. The number of hydrogen-bond acceptors (Lipinski definition) is 4. The van der Waals surface area contributed by atoms with Crippen LogP contribution in [-0.2, 0) is 17.5 Å². The van der Waals surface area contributed by atoms with Gasteiger partial charge in [-0.25, -0.2) is 0 Å². The normalized spacial score (nSPS) is 20.0. The molecule has 0 bridgehead atoms. The largest absolute Gasteiger partial charge is 0.416 e. The molecule has 1 aromatic carbocycles. The maximum Gasteiger partial charge on any atom is 0.416 e. The zero-order chi connectivity index (χ0) is 25.1. The summed E-state index contributed by atoms with van der Waals surface area (Å²) in [5.41, 5.74) is 2.76. The number of benzene rings is 1. The second-order valence-electron chi connectivity index (χ2n) is 9.72. The van der Waals surface area contributed by atoms with Gasteiger partial charge in [0.1, 0.15) is 0 Å². The number of piperidine rings is 2. The Morgan fingerprint density at radius 1 is 0.972 bits per heavy atom. The SMILES string of the molecule is O=C(C1CCN(Cc2ccncc2)CC1)N1CCCC[C@@H]1c1[nH]ncc1-c1ccc(C(F)(F)F)cc1. The lowest BCUT2D eigenvalue weighted by Gasteiger charge is -2.40. The molecule has 6 nitrogen and oxygen atoms in total. The molecule has 5 rings (SSSR count). The molecule has 36 heavy (non-hydrogen) atoms. The van der Waals surface area contributed by atoms with Crippen molar-refractivity contribution in [3.05, 3.63) is 71.8 Å². The molecule has 2 fully saturated rings. The second kappa shape index (κ2) is 10.4. The Bertz CT molecular complexity index is 1150. The van der Waals surface area contributed by atoms with Crippen LogP contribution in [0.2, 0.25) is 0 Å². The van der Waals surface area contributed by atoms with Crippen molar-refractivity contribution in [2.75, 3.05) is 19.6 Å². The number of aromatic nitrogens is 3. The lowest BCUT2D eigenvalue weighted by atomic mass is 9.90. The summed E-state index contributed by atoms with van der Waals surface area (Å²) in [6.07, 6.45) is 5.27. The number of H-pyrrole nitrogens is 1. The van der Waals surface area contributed by atoms with Crippen molar-refractivity contribution in [1.29, 1.82) is 0 Å². The number of aromatic amines is 1. The molecule has 4 heterocycles. The minimum Gasteiger partial charge on any atom is -0.334 e. The third kappa shape index (κ3) is 5.31. The van der Waals surface area contributed by atoms with Gasteiger partial charge in [0, 0.05) is 37.0 Å². The van der Waals surface area contributed by atoms with Gasteiger partial charge in [-0.1, -0.05) is 12.1 Å². The number of carbonyl (C=O) groups excluding carboxylic acids is 1. The highest BCUT2D eigenvalue weighted by Crippen LogP contribution is 2.38. The molecule has 0 unspecified atom stereocenters. The summed E-state index contributed by atoms with van der Waals surface area (Å²) in [6.45, 7) is 3.29. The lowest BCUT2D eigenvalue weighted by molar-refractivity contribution is -0.141. The predicted molar refractivity (Wildman–Crippen MR) is 130 cm³/mol. The van der Waals surface area contributed by atoms with Gasteiger partial charge in [-0.05, 0) is 80.6 Å². The molecule has 1 N–H and O–H groups in total. The molecule has 0 spiro atoms. The van der Waals surface area contributed by atoms with Crippen LogP contribution in [0, 0.1) is 5.92 Å². The minimum absolute atomic E-state index is 0.0169. The first-order valence-electron chi connectivity index (χ1n) is 12.5. The van der Waals surface area contributed by atoms with Crippen molar-refractivity contribution in [1.82, 2.24) is 25.0 Å². The van der Waals surface area contributed by atoms with Crippen LogP contribution in [0.25, 0.3) is 11.1 Å². The van der Waals surface area contributed by atoms with Crippen LogP contribution in [0.4, 0.5) is 13.2 Å². The smallest absolute Gasteiger partial charge is 0.334 e. The third-order valence-corrected chi connectivity index (χ3v) is 7.40. The Labute approximate surface area is 208 Å². The molecule has 2 saturated heterocycles. The van der Waals surface area contributed by atoms with Gasteiger partial charge in [-0.3, -0.25) is 19.8 Å². The Balaban J connectivity index is 1.28. The number of likely N-dealkylation sites (tertiary alicyclic amines) is 2. The molecule has 1 amide bonds. The third-order valence-electron chi connectivity index (χ3n) is 7.40. The molecular weight excluding hydrogens is 467 g/mol. The van der Waals surface area contributed by atoms with Gasteiger partial charge in [-0.2, -0.15) is 18.3 Å². The number of nitrogens with one attached hydrogen (secondary N) is 1. The predicted octanol–water partition coefficient (Wildman–Crippen LogP) is 5.46. The first-order valence-corrected chi connectivity index (χ1v) is 12.5. The van der Waals surface area contributed by atoms with Crippen LogP contribution in [-0.4, -0.2) is 50.5 Å². The van der Waals surface area contributed by atoms with Gasteiger partial charge >= 0.3 is 6.18 Å². The average molecular weight is 498 g/mol. The van der Waals surface area contributed by atoms with Gasteiger partial charge in [0.15, 0.2) is 0 Å². The van der Waals surface area contributed by atoms with Gasteiger partial charge in [0.2, 0.25) is 5.91 Å². The summed E-state index contributed by atoms with van der Waals surface area (Å²) in [7, 11) is 0. The van der Waals surface area contributed by atoms with E-state index in [1.807, 2.05) is 17.0 Å². The van der Waals surface area contributed by atoms with Crippen LogP contribution in [0.3, 0.4) is 0 Å². The standard InChI is InChI=1S/C27H30F3N5O/c28-27(29,30)22-6-4-20(5-7-22)23-17-32-33-25(23)24-3-1-2-14-35(24)26(36)21-10-15-34(16-11-21)18-19-8-12-31-13-9-19/h4-9,12-13,17,21,24H,1-3,10-11,14-16,18H2,(H,32,33)/t24-/m1/s1. The average Bonchev–Trinajstić information content (AvgIpc) is 3.39. The van der Waals surface area contributed by atoms with E-state index in [9.17, 15) is 18.0 Å². The highest BCUT2D eigenvalue weighted by atomic mass is 19.4. The summed E-state index contributed by atoms with van der Waals surface area (Å²) < 4.78 is 39.0. The fourth-order valence-electron chi connectivity index (χ4n) is 5.43. The second-order valence-corrected chi connectivity index (χ2v) is 9.72. The van der Waals surface area contributed by atoms with E-state index >= 15 is 0 Å². The van der Waals surface area contributed by atoms with E-state index in [1.165, 1.54) is 17.7 Å². The molecule has 0 radical (unpaired) electrons. The monoisotopic (exact) mass is 497 g/mol. The maximum absolute atomic E-state index is 13.7. The molecule has 1 atom stereocenters. The van der Waals surface area contributed by atoms with Gasteiger partial charge in [0.05, 0.1) is 23.5 Å². The van der Waals surface area contributed by atoms with Crippen LogP contribution >= 0.6 is 0 Å². The molecule has 0 saturated carbocycles. The molecule has 190 valence electrons. The summed E-state index contributed by atoms with van der Waals surface area (Å²) in [4.78, 5) is 22.1. The van der Waals surface area contributed by atoms with Crippen molar-refractivity contribution < 1.29 is 18.0 Å². The Morgan fingerprint density at radius 3 is 2.39 bits per heavy atom. The van der Waals surface area contributed by atoms with Crippen molar-refractivity contribution >= 4 is 5.91 Å². The Kier molecular flexibility index (Phi) is 7.09. The fourth-order valence-corrected chi connectivity index (χ4v) is 5.43. The topological polar surface area (TPSA) is 65.1 Å². The van der Waals surface area contributed by atoms with Gasteiger partial charge < -0.3 is 4.90 Å². The number of rotatable bonds is 5.